The Bertz CT molecular complexity index is 578. The lowest BCUT2D eigenvalue weighted by Gasteiger charge is -2.20. The van der Waals surface area contributed by atoms with Crippen molar-refractivity contribution < 1.29 is 4.74 Å². The van der Waals surface area contributed by atoms with Gasteiger partial charge in [-0.25, -0.2) is 0 Å². The summed E-state index contributed by atoms with van der Waals surface area (Å²) >= 11 is 0. The standard InChI is InChI=1S/C18H24N2O/c1-4-14-6-8-15(9-7-14)12-17(20-19)16-10-5-13(2)11-18(16)21-3/h5-11,17,20H,4,12,19H2,1-3H3. The highest BCUT2D eigenvalue weighted by Crippen LogP contribution is 2.28. The molecule has 0 aliphatic rings. The SMILES string of the molecule is CCc1ccc(CC(NN)c2ccc(C)cc2OC)cc1. The van der Waals surface area contributed by atoms with Gasteiger partial charge in [-0.2, -0.15) is 0 Å². The molecule has 0 aliphatic carbocycles. The van der Waals surface area contributed by atoms with E-state index in [0.717, 1.165) is 24.2 Å². The molecule has 0 aromatic heterocycles. The van der Waals surface area contributed by atoms with Gasteiger partial charge in [0, 0.05) is 5.56 Å². The van der Waals surface area contributed by atoms with Crippen molar-refractivity contribution in [3.05, 3.63) is 64.7 Å². The third-order valence-corrected chi connectivity index (χ3v) is 3.84. The number of benzene rings is 2. The van der Waals surface area contributed by atoms with Crippen LogP contribution in [-0.4, -0.2) is 7.11 Å². The van der Waals surface area contributed by atoms with Crippen LogP contribution in [0.15, 0.2) is 42.5 Å². The topological polar surface area (TPSA) is 47.3 Å². The van der Waals surface area contributed by atoms with Crippen molar-refractivity contribution in [1.29, 1.82) is 0 Å². The van der Waals surface area contributed by atoms with Crippen LogP contribution < -0.4 is 16.0 Å². The molecule has 3 N–H and O–H groups in total. The summed E-state index contributed by atoms with van der Waals surface area (Å²) in [4.78, 5) is 0. The average molecular weight is 284 g/mol. The van der Waals surface area contributed by atoms with Crippen molar-refractivity contribution in [3.63, 3.8) is 0 Å². The summed E-state index contributed by atoms with van der Waals surface area (Å²) in [6.07, 6.45) is 1.89. The Kier molecular flexibility index (Phi) is 5.37. The van der Waals surface area contributed by atoms with Gasteiger partial charge in [-0.3, -0.25) is 11.3 Å². The van der Waals surface area contributed by atoms with Gasteiger partial charge >= 0.3 is 0 Å². The van der Waals surface area contributed by atoms with E-state index in [0.29, 0.717) is 0 Å². The first kappa shape index (κ1) is 15.5. The first-order valence-electron chi connectivity index (χ1n) is 7.36. The maximum atomic E-state index is 5.76. The Morgan fingerprint density at radius 1 is 1.10 bits per heavy atom. The first-order valence-corrected chi connectivity index (χ1v) is 7.36. The lowest BCUT2D eigenvalue weighted by molar-refractivity contribution is 0.398. The third-order valence-electron chi connectivity index (χ3n) is 3.84. The summed E-state index contributed by atoms with van der Waals surface area (Å²) in [5.74, 6) is 6.64. The lowest BCUT2D eigenvalue weighted by atomic mass is 9.97. The molecular formula is C18H24N2O. The summed E-state index contributed by atoms with van der Waals surface area (Å²) in [6, 6.07) is 14.9. The van der Waals surface area contributed by atoms with E-state index in [-0.39, 0.29) is 6.04 Å². The number of methoxy groups -OCH3 is 1. The minimum absolute atomic E-state index is 0.0352. The quantitative estimate of drug-likeness (QED) is 0.632. The van der Waals surface area contributed by atoms with Gasteiger partial charge in [0.15, 0.2) is 0 Å². The molecule has 1 unspecified atom stereocenters. The summed E-state index contributed by atoms with van der Waals surface area (Å²) < 4.78 is 5.49. The number of hydrogen-bond donors (Lipinski definition) is 2. The second-order valence-corrected chi connectivity index (χ2v) is 5.34. The monoisotopic (exact) mass is 284 g/mol. The zero-order chi connectivity index (χ0) is 15.2. The van der Waals surface area contributed by atoms with Crippen molar-refractivity contribution in [1.82, 2.24) is 5.43 Å². The van der Waals surface area contributed by atoms with Crippen LogP contribution in [0.1, 0.15) is 35.2 Å². The van der Waals surface area contributed by atoms with Gasteiger partial charge in [0.2, 0.25) is 0 Å². The van der Waals surface area contributed by atoms with Crippen LogP contribution in [0.3, 0.4) is 0 Å². The largest absolute Gasteiger partial charge is 0.496 e. The average Bonchev–Trinajstić information content (AvgIpc) is 2.53. The number of hydrogen-bond acceptors (Lipinski definition) is 3. The number of rotatable bonds is 6. The molecule has 0 bridgehead atoms. The molecule has 21 heavy (non-hydrogen) atoms. The molecule has 112 valence electrons. The first-order chi connectivity index (χ1) is 10.2. The van der Waals surface area contributed by atoms with E-state index in [1.165, 1.54) is 16.7 Å². The maximum absolute atomic E-state index is 5.76. The van der Waals surface area contributed by atoms with E-state index in [4.69, 9.17) is 10.6 Å². The summed E-state index contributed by atoms with van der Waals surface area (Å²) in [7, 11) is 1.70. The fraction of sp³-hybridized carbons (Fsp3) is 0.333. The van der Waals surface area contributed by atoms with Gasteiger partial charge in [0.25, 0.3) is 0 Å². The van der Waals surface area contributed by atoms with Crippen LogP contribution in [0.4, 0.5) is 0 Å². The Hall–Kier alpha value is -1.84. The van der Waals surface area contributed by atoms with E-state index in [9.17, 15) is 0 Å². The molecule has 0 amide bonds. The Morgan fingerprint density at radius 2 is 1.76 bits per heavy atom. The van der Waals surface area contributed by atoms with Gasteiger partial charge in [0.1, 0.15) is 5.75 Å². The van der Waals surface area contributed by atoms with Crippen LogP contribution in [-0.2, 0) is 12.8 Å². The Balaban J connectivity index is 2.22. The fourth-order valence-electron chi connectivity index (χ4n) is 2.51. The predicted octanol–water partition coefficient (Wildman–Crippen LogP) is 3.31. The number of hydrazine groups is 1. The highest BCUT2D eigenvalue weighted by atomic mass is 16.5. The van der Waals surface area contributed by atoms with Crippen LogP contribution in [0, 0.1) is 6.92 Å². The predicted molar refractivity (Wildman–Crippen MR) is 87.3 cm³/mol. The minimum atomic E-state index is 0.0352. The highest BCUT2D eigenvalue weighted by Gasteiger charge is 2.15. The molecular weight excluding hydrogens is 260 g/mol. The zero-order valence-electron chi connectivity index (χ0n) is 13.0. The van der Waals surface area contributed by atoms with Crippen LogP contribution in [0.5, 0.6) is 5.75 Å². The number of ether oxygens (including phenoxy) is 1. The zero-order valence-corrected chi connectivity index (χ0v) is 13.0. The van der Waals surface area contributed by atoms with Gasteiger partial charge in [0.05, 0.1) is 13.2 Å². The van der Waals surface area contributed by atoms with Gasteiger partial charge in [-0.1, -0.05) is 43.3 Å². The molecule has 0 saturated heterocycles. The van der Waals surface area contributed by atoms with E-state index < -0.39 is 0 Å². The van der Waals surface area contributed by atoms with E-state index >= 15 is 0 Å². The van der Waals surface area contributed by atoms with Crippen LogP contribution in [0.25, 0.3) is 0 Å². The molecule has 3 heteroatoms. The summed E-state index contributed by atoms with van der Waals surface area (Å²) in [5.41, 5.74) is 7.79. The molecule has 2 aromatic rings. The normalized spacial score (nSPS) is 12.2. The Labute approximate surface area is 127 Å². The van der Waals surface area contributed by atoms with Crippen molar-refractivity contribution in [2.75, 3.05) is 7.11 Å². The smallest absolute Gasteiger partial charge is 0.123 e. The molecule has 0 radical (unpaired) electrons. The highest BCUT2D eigenvalue weighted by molar-refractivity contribution is 5.40. The number of nitrogens with two attached hydrogens (primary N) is 1. The molecule has 0 heterocycles. The summed E-state index contributed by atoms with van der Waals surface area (Å²) in [5, 5.41) is 0. The molecule has 2 aromatic carbocycles. The second-order valence-electron chi connectivity index (χ2n) is 5.34. The lowest BCUT2D eigenvalue weighted by Crippen LogP contribution is -2.30. The maximum Gasteiger partial charge on any atom is 0.123 e. The molecule has 2 rings (SSSR count). The van der Waals surface area contributed by atoms with Crippen LogP contribution in [0.2, 0.25) is 0 Å². The summed E-state index contributed by atoms with van der Waals surface area (Å²) in [6.45, 7) is 4.22. The molecule has 1 atom stereocenters. The van der Waals surface area contributed by atoms with E-state index in [2.05, 4.69) is 55.7 Å². The van der Waals surface area contributed by atoms with Gasteiger partial charge in [-0.05, 0) is 42.5 Å². The molecule has 3 nitrogen and oxygen atoms in total. The third kappa shape index (κ3) is 3.84. The van der Waals surface area contributed by atoms with Crippen molar-refractivity contribution in [3.8, 4) is 5.75 Å². The van der Waals surface area contributed by atoms with Crippen LogP contribution >= 0.6 is 0 Å². The number of aryl methyl sites for hydroxylation is 2. The van der Waals surface area contributed by atoms with Crippen molar-refractivity contribution >= 4 is 0 Å². The van der Waals surface area contributed by atoms with E-state index in [1.807, 2.05) is 6.07 Å². The van der Waals surface area contributed by atoms with Crippen molar-refractivity contribution in [2.24, 2.45) is 5.84 Å². The fourth-order valence-corrected chi connectivity index (χ4v) is 2.51. The van der Waals surface area contributed by atoms with Crippen molar-refractivity contribution in [2.45, 2.75) is 32.7 Å². The minimum Gasteiger partial charge on any atom is -0.496 e. The Morgan fingerprint density at radius 3 is 2.33 bits per heavy atom. The molecule has 0 fully saturated rings. The molecule has 0 spiro atoms. The van der Waals surface area contributed by atoms with Gasteiger partial charge in [-0.15, -0.1) is 0 Å². The molecule has 0 saturated carbocycles. The molecule has 0 aliphatic heterocycles. The number of nitrogens with one attached hydrogen (secondary N) is 1. The van der Waals surface area contributed by atoms with E-state index in [1.54, 1.807) is 7.11 Å². The second kappa shape index (κ2) is 7.25. The van der Waals surface area contributed by atoms with Gasteiger partial charge < -0.3 is 4.74 Å².